The minimum Gasteiger partial charge on any atom is -0.352 e. The second-order valence-electron chi connectivity index (χ2n) is 8.88. The summed E-state index contributed by atoms with van der Waals surface area (Å²) in [6.45, 7) is 6.45. The summed E-state index contributed by atoms with van der Waals surface area (Å²) >= 11 is 1.68. The molecule has 0 spiro atoms. The Morgan fingerprint density at radius 3 is 2.41 bits per heavy atom. The largest absolute Gasteiger partial charge is 0.352 e. The highest BCUT2D eigenvalue weighted by Crippen LogP contribution is 2.22. The van der Waals surface area contributed by atoms with Crippen molar-refractivity contribution in [1.29, 1.82) is 0 Å². The molecule has 1 aliphatic rings. The summed E-state index contributed by atoms with van der Waals surface area (Å²) < 4.78 is 0. The fourth-order valence-corrected chi connectivity index (χ4v) is 5.00. The van der Waals surface area contributed by atoms with Gasteiger partial charge in [-0.2, -0.15) is 0 Å². The van der Waals surface area contributed by atoms with Gasteiger partial charge >= 0.3 is 0 Å². The van der Waals surface area contributed by atoms with Crippen molar-refractivity contribution in [3.8, 4) is 0 Å². The lowest BCUT2D eigenvalue weighted by Gasteiger charge is -2.31. The first-order valence-corrected chi connectivity index (χ1v) is 12.8. The van der Waals surface area contributed by atoms with E-state index in [0.717, 1.165) is 28.9 Å². The molecule has 1 saturated carbocycles. The van der Waals surface area contributed by atoms with Gasteiger partial charge in [0, 0.05) is 29.7 Å². The summed E-state index contributed by atoms with van der Waals surface area (Å²) in [4.78, 5) is 29.2. The van der Waals surface area contributed by atoms with Crippen LogP contribution >= 0.6 is 11.8 Å². The van der Waals surface area contributed by atoms with Gasteiger partial charge in [0.2, 0.25) is 11.8 Å². The van der Waals surface area contributed by atoms with E-state index in [1.807, 2.05) is 25.1 Å². The van der Waals surface area contributed by atoms with Crippen LogP contribution in [-0.2, 0) is 16.1 Å². The molecule has 1 N–H and O–H groups in total. The van der Waals surface area contributed by atoms with E-state index in [4.69, 9.17) is 0 Å². The number of nitrogens with zero attached hydrogens (tertiary/aromatic N) is 1. The van der Waals surface area contributed by atoms with Crippen molar-refractivity contribution in [2.45, 2.75) is 82.8 Å². The van der Waals surface area contributed by atoms with Crippen LogP contribution in [0.5, 0.6) is 0 Å². The Kier molecular flexibility index (Phi) is 9.22. The third kappa shape index (κ3) is 7.13. The first-order chi connectivity index (χ1) is 15.4. The number of thioether (sulfide) groups is 1. The number of carbonyl (C=O) groups excluding carboxylic acids is 2. The average Bonchev–Trinajstić information content (AvgIpc) is 2.80. The monoisotopic (exact) mass is 452 g/mol. The molecule has 1 fully saturated rings. The number of rotatable bonds is 9. The Morgan fingerprint density at radius 2 is 1.72 bits per heavy atom. The first kappa shape index (κ1) is 24.4. The predicted molar refractivity (Wildman–Crippen MR) is 133 cm³/mol. The van der Waals surface area contributed by atoms with Crippen LogP contribution in [0.25, 0.3) is 0 Å². The third-order valence-corrected chi connectivity index (χ3v) is 7.34. The highest BCUT2D eigenvalue weighted by Gasteiger charge is 2.28. The van der Waals surface area contributed by atoms with Crippen molar-refractivity contribution in [3.63, 3.8) is 0 Å². The van der Waals surface area contributed by atoms with Gasteiger partial charge in [0.25, 0.3) is 0 Å². The van der Waals surface area contributed by atoms with Crippen LogP contribution in [0.3, 0.4) is 0 Å². The summed E-state index contributed by atoms with van der Waals surface area (Å²) in [7, 11) is 0. The molecule has 32 heavy (non-hydrogen) atoms. The van der Waals surface area contributed by atoms with E-state index >= 15 is 0 Å². The van der Waals surface area contributed by atoms with Gasteiger partial charge in [-0.25, -0.2) is 0 Å². The molecule has 0 aliphatic heterocycles. The number of hydrogen-bond acceptors (Lipinski definition) is 3. The molecule has 0 radical (unpaired) electrons. The maximum absolute atomic E-state index is 13.3. The van der Waals surface area contributed by atoms with E-state index in [1.54, 1.807) is 16.7 Å². The molecule has 0 heterocycles. The summed E-state index contributed by atoms with van der Waals surface area (Å²) in [6.07, 6.45) is 6.07. The Hall–Kier alpha value is -2.27. The summed E-state index contributed by atoms with van der Waals surface area (Å²) in [6, 6.07) is 16.2. The molecule has 0 saturated heterocycles. The second-order valence-corrected chi connectivity index (χ2v) is 10.0. The lowest BCUT2D eigenvalue weighted by Crippen LogP contribution is -2.50. The Labute approximate surface area is 197 Å². The maximum atomic E-state index is 13.3. The topological polar surface area (TPSA) is 49.4 Å². The maximum Gasteiger partial charge on any atom is 0.242 e. The molecule has 4 nitrogen and oxygen atoms in total. The molecule has 1 atom stereocenters. The Morgan fingerprint density at radius 1 is 1.03 bits per heavy atom. The van der Waals surface area contributed by atoms with Gasteiger partial charge in [-0.1, -0.05) is 61.2 Å². The normalized spacial score (nSPS) is 15.2. The Bertz CT molecular complexity index is 891. The highest BCUT2D eigenvalue weighted by molar-refractivity contribution is 7.99. The third-order valence-electron chi connectivity index (χ3n) is 6.33. The molecule has 0 bridgehead atoms. The summed E-state index contributed by atoms with van der Waals surface area (Å²) in [5, 5.41) is 3.20. The molecule has 0 aromatic heterocycles. The van der Waals surface area contributed by atoms with E-state index in [9.17, 15) is 9.59 Å². The highest BCUT2D eigenvalue weighted by atomic mass is 32.2. The summed E-state index contributed by atoms with van der Waals surface area (Å²) in [5.74, 6) is 0.688. The molecule has 0 unspecified atom stereocenters. The molecule has 3 rings (SSSR count). The van der Waals surface area contributed by atoms with Crippen LogP contribution < -0.4 is 5.32 Å². The van der Waals surface area contributed by atoms with Crippen LogP contribution in [0.2, 0.25) is 0 Å². The van der Waals surface area contributed by atoms with E-state index in [0.29, 0.717) is 18.7 Å². The van der Waals surface area contributed by atoms with Crippen molar-refractivity contribution in [3.05, 3.63) is 65.2 Å². The van der Waals surface area contributed by atoms with E-state index in [-0.39, 0.29) is 17.9 Å². The van der Waals surface area contributed by atoms with E-state index in [2.05, 4.69) is 49.5 Å². The number of aryl methyl sites for hydroxylation is 2. The molecule has 2 aromatic rings. The first-order valence-electron chi connectivity index (χ1n) is 11.8. The minimum atomic E-state index is -0.492. The van der Waals surface area contributed by atoms with Gasteiger partial charge in [-0.3, -0.25) is 9.59 Å². The number of hydrogen-bond donors (Lipinski definition) is 1. The minimum absolute atomic E-state index is 0.0270. The quantitative estimate of drug-likeness (QED) is 0.500. The lowest BCUT2D eigenvalue weighted by atomic mass is 9.95. The Balaban J connectivity index is 1.65. The lowest BCUT2D eigenvalue weighted by molar-refractivity contribution is -0.140. The van der Waals surface area contributed by atoms with Crippen molar-refractivity contribution >= 4 is 23.6 Å². The van der Waals surface area contributed by atoms with Crippen LogP contribution in [0.4, 0.5) is 0 Å². The molecular weight excluding hydrogens is 416 g/mol. The molecule has 5 heteroatoms. The smallest absolute Gasteiger partial charge is 0.242 e. The van der Waals surface area contributed by atoms with Gasteiger partial charge in [-0.05, 0) is 56.9 Å². The van der Waals surface area contributed by atoms with Gasteiger partial charge in [0.15, 0.2) is 0 Å². The summed E-state index contributed by atoms with van der Waals surface area (Å²) in [5.41, 5.74) is 3.45. The number of carbonyl (C=O) groups is 2. The van der Waals surface area contributed by atoms with Gasteiger partial charge in [-0.15, -0.1) is 11.8 Å². The van der Waals surface area contributed by atoms with Crippen molar-refractivity contribution in [2.24, 2.45) is 0 Å². The molecule has 2 amide bonds. The van der Waals surface area contributed by atoms with Crippen molar-refractivity contribution < 1.29 is 9.59 Å². The van der Waals surface area contributed by atoms with Gasteiger partial charge in [0.05, 0.1) is 0 Å². The van der Waals surface area contributed by atoms with Crippen molar-refractivity contribution in [1.82, 2.24) is 10.2 Å². The van der Waals surface area contributed by atoms with E-state index in [1.165, 1.54) is 24.8 Å². The van der Waals surface area contributed by atoms with Crippen LogP contribution in [0.15, 0.2) is 53.4 Å². The van der Waals surface area contributed by atoms with Crippen molar-refractivity contribution in [2.75, 3.05) is 5.75 Å². The SMILES string of the molecule is Cc1ccc(SCCC(=O)N(Cc2ccccc2C)[C@H](C)C(=O)NC2CCCCC2)cc1. The van der Waals surface area contributed by atoms with E-state index < -0.39 is 6.04 Å². The number of amides is 2. The fourth-order valence-electron chi connectivity index (χ4n) is 4.16. The zero-order valence-corrected chi connectivity index (χ0v) is 20.4. The average molecular weight is 453 g/mol. The molecular formula is C27H36N2O2S. The van der Waals surface area contributed by atoms with Crippen LogP contribution in [0, 0.1) is 13.8 Å². The number of nitrogens with one attached hydrogen (secondary N) is 1. The molecule has 1 aliphatic carbocycles. The zero-order chi connectivity index (χ0) is 22.9. The number of benzene rings is 2. The van der Waals surface area contributed by atoms with Gasteiger partial charge in [0.1, 0.15) is 6.04 Å². The van der Waals surface area contributed by atoms with Crippen LogP contribution in [-0.4, -0.2) is 34.6 Å². The second kappa shape index (κ2) is 12.1. The van der Waals surface area contributed by atoms with Crippen LogP contribution in [0.1, 0.15) is 62.1 Å². The predicted octanol–water partition coefficient (Wildman–Crippen LogP) is 5.65. The molecule has 172 valence electrons. The van der Waals surface area contributed by atoms with Gasteiger partial charge < -0.3 is 10.2 Å². The fraction of sp³-hybridized carbons (Fsp3) is 0.481. The zero-order valence-electron chi connectivity index (χ0n) is 19.6. The molecule has 2 aromatic carbocycles. The standard InChI is InChI=1S/C27H36N2O2S/c1-20-13-15-25(16-14-20)32-18-17-26(30)29(19-23-10-8-7-9-21(23)2)22(3)27(31)28-24-11-5-4-6-12-24/h7-10,13-16,22,24H,4-6,11-12,17-19H2,1-3H3,(H,28,31)/t22-/m1/s1.